The Hall–Kier alpha value is -1.90. The number of benzene rings is 2. The van der Waals surface area contributed by atoms with Gasteiger partial charge in [0.1, 0.15) is 0 Å². The molecule has 2 aromatic rings. The van der Waals surface area contributed by atoms with Crippen molar-refractivity contribution in [3.63, 3.8) is 0 Å². The van der Waals surface area contributed by atoms with E-state index in [-0.39, 0.29) is 17.6 Å². The van der Waals surface area contributed by atoms with Crippen molar-refractivity contribution in [1.29, 1.82) is 0 Å². The Morgan fingerprint density at radius 2 is 1.97 bits per heavy atom. The number of methoxy groups -OCH3 is 1. The largest absolute Gasteiger partial charge is 0.504 e. The third-order valence-corrected chi connectivity index (χ3v) is 6.03. The normalized spacial score (nSPS) is 15.6. The molecule has 154 valence electrons. The molecule has 2 aromatic carbocycles. The molecule has 0 aromatic heterocycles. The zero-order chi connectivity index (χ0) is 20.8. The first-order chi connectivity index (χ1) is 14.0. The molecule has 0 unspecified atom stereocenters. The number of nitrogens with zero attached hydrogens (tertiary/aromatic N) is 2. The summed E-state index contributed by atoms with van der Waals surface area (Å²) in [5, 5.41) is 14.0. The topological polar surface area (TPSA) is 74.2 Å². The number of phenolic OH excluding ortho intramolecular Hbond substituents is 1. The Bertz CT molecular complexity index is 856. The predicted octanol–water partition coefficient (Wildman–Crippen LogP) is 4.29. The molecule has 0 spiro atoms. The third-order valence-electron chi connectivity index (χ3n) is 4.92. The Labute approximate surface area is 187 Å². The maximum atomic E-state index is 12.4. The van der Waals surface area contributed by atoms with Crippen molar-refractivity contribution in [3.05, 3.63) is 56.5 Å². The number of piperidine rings is 1. The summed E-state index contributed by atoms with van der Waals surface area (Å²) in [6.45, 7) is 2.67. The molecule has 1 fully saturated rings. The van der Waals surface area contributed by atoms with E-state index in [2.05, 4.69) is 71.6 Å². The van der Waals surface area contributed by atoms with Gasteiger partial charge >= 0.3 is 0 Å². The molecule has 8 heteroatoms. The van der Waals surface area contributed by atoms with Gasteiger partial charge in [-0.05, 0) is 77.3 Å². The van der Waals surface area contributed by atoms with Crippen LogP contribution in [0.15, 0.2) is 50.4 Å². The Morgan fingerprint density at radius 1 is 1.28 bits per heavy atom. The van der Waals surface area contributed by atoms with Gasteiger partial charge in [0.25, 0.3) is 0 Å². The van der Waals surface area contributed by atoms with Crippen LogP contribution < -0.4 is 10.2 Å². The molecule has 29 heavy (non-hydrogen) atoms. The van der Waals surface area contributed by atoms with Gasteiger partial charge in [-0.3, -0.25) is 9.69 Å². The second-order valence-corrected chi connectivity index (χ2v) is 8.74. The first-order valence-electron chi connectivity index (χ1n) is 9.32. The van der Waals surface area contributed by atoms with Crippen LogP contribution in [0.4, 0.5) is 0 Å². The molecular weight excluding hydrogens is 502 g/mol. The summed E-state index contributed by atoms with van der Waals surface area (Å²) in [5.41, 5.74) is 4.54. The van der Waals surface area contributed by atoms with Gasteiger partial charge in [-0.2, -0.15) is 5.10 Å². The molecular formula is C21H23Br2N3O3. The van der Waals surface area contributed by atoms with Crippen molar-refractivity contribution in [1.82, 2.24) is 10.3 Å². The van der Waals surface area contributed by atoms with Gasteiger partial charge in [-0.1, -0.05) is 28.1 Å². The van der Waals surface area contributed by atoms with E-state index in [0.717, 1.165) is 36.9 Å². The van der Waals surface area contributed by atoms with Crippen LogP contribution in [0.5, 0.6) is 11.5 Å². The van der Waals surface area contributed by atoms with Gasteiger partial charge in [0.05, 0.1) is 17.8 Å². The Balaban J connectivity index is 1.47. The van der Waals surface area contributed by atoms with E-state index in [0.29, 0.717) is 15.8 Å². The summed E-state index contributed by atoms with van der Waals surface area (Å²) >= 11 is 6.79. The van der Waals surface area contributed by atoms with Crippen LogP contribution in [0, 0.1) is 5.92 Å². The number of halogens is 2. The van der Waals surface area contributed by atoms with Gasteiger partial charge in [-0.25, -0.2) is 5.43 Å². The number of carbonyl (C=O) groups excluding carboxylic acids is 1. The van der Waals surface area contributed by atoms with Gasteiger partial charge < -0.3 is 9.84 Å². The van der Waals surface area contributed by atoms with Crippen LogP contribution in [0.3, 0.4) is 0 Å². The average Bonchev–Trinajstić information content (AvgIpc) is 2.70. The molecule has 0 bridgehead atoms. The summed E-state index contributed by atoms with van der Waals surface area (Å²) in [6.07, 6.45) is 3.13. The number of amides is 1. The van der Waals surface area contributed by atoms with Crippen LogP contribution in [-0.4, -0.2) is 42.3 Å². The molecule has 3 rings (SSSR count). The van der Waals surface area contributed by atoms with E-state index in [1.807, 2.05) is 0 Å². The van der Waals surface area contributed by atoms with E-state index in [4.69, 9.17) is 4.74 Å². The predicted molar refractivity (Wildman–Crippen MR) is 120 cm³/mol. The number of carbonyl (C=O) groups is 1. The number of rotatable bonds is 6. The van der Waals surface area contributed by atoms with E-state index < -0.39 is 0 Å². The number of ether oxygens (including phenoxy) is 1. The molecule has 0 saturated carbocycles. The van der Waals surface area contributed by atoms with Crippen LogP contribution in [0.1, 0.15) is 24.0 Å². The molecule has 1 amide bonds. The van der Waals surface area contributed by atoms with Crippen LogP contribution in [0.2, 0.25) is 0 Å². The molecule has 1 heterocycles. The van der Waals surface area contributed by atoms with Gasteiger partial charge in [0.2, 0.25) is 5.91 Å². The molecule has 1 saturated heterocycles. The van der Waals surface area contributed by atoms with Gasteiger partial charge in [0.15, 0.2) is 11.5 Å². The molecule has 0 aliphatic carbocycles. The molecule has 2 N–H and O–H groups in total. The number of hydrogen-bond donors (Lipinski definition) is 2. The lowest BCUT2D eigenvalue weighted by molar-refractivity contribution is -0.126. The van der Waals surface area contributed by atoms with Crippen molar-refractivity contribution in [2.24, 2.45) is 11.0 Å². The zero-order valence-corrected chi connectivity index (χ0v) is 19.2. The number of hydrazone groups is 1. The monoisotopic (exact) mass is 523 g/mol. The lowest BCUT2D eigenvalue weighted by Gasteiger charge is -2.30. The minimum atomic E-state index is -0.0682. The van der Waals surface area contributed by atoms with Gasteiger partial charge in [0, 0.05) is 16.9 Å². The minimum absolute atomic E-state index is 0.00722. The smallest absolute Gasteiger partial charge is 0.243 e. The number of aromatic hydroxyl groups is 1. The Morgan fingerprint density at radius 3 is 2.59 bits per heavy atom. The maximum absolute atomic E-state index is 12.4. The highest BCUT2D eigenvalue weighted by atomic mass is 79.9. The van der Waals surface area contributed by atoms with Crippen molar-refractivity contribution in [2.45, 2.75) is 19.4 Å². The van der Waals surface area contributed by atoms with Crippen LogP contribution in [0.25, 0.3) is 0 Å². The van der Waals surface area contributed by atoms with E-state index in [1.54, 1.807) is 6.07 Å². The highest BCUT2D eigenvalue weighted by molar-refractivity contribution is 9.10. The maximum Gasteiger partial charge on any atom is 0.243 e. The van der Waals surface area contributed by atoms with Crippen molar-refractivity contribution in [2.75, 3.05) is 20.2 Å². The lowest BCUT2D eigenvalue weighted by atomic mass is 9.96. The highest BCUT2D eigenvalue weighted by Gasteiger charge is 2.24. The second-order valence-electron chi connectivity index (χ2n) is 6.97. The van der Waals surface area contributed by atoms with Crippen molar-refractivity contribution < 1.29 is 14.6 Å². The van der Waals surface area contributed by atoms with Crippen LogP contribution >= 0.6 is 31.9 Å². The van der Waals surface area contributed by atoms with Crippen molar-refractivity contribution in [3.8, 4) is 11.5 Å². The minimum Gasteiger partial charge on any atom is -0.504 e. The molecule has 1 aliphatic heterocycles. The fourth-order valence-electron chi connectivity index (χ4n) is 3.34. The molecule has 1 aliphatic rings. The molecule has 0 atom stereocenters. The fraction of sp³-hybridized carbons (Fsp3) is 0.333. The first kappa shape index (κ1) is 21.8. The summed E-state index contributed by atoms with van der Waals surface area (Å²) in [5.74, 6) is 0.263. The van der Waals surface area contributed by atoms with Crippen LogP contribution in [-0.2, 0) is 11.3 Å². The third kappa shape index (κ3) is 6.04. The van der Waals surface area contributed by atoms with Crippen molar-refractivity contribution >= 4 is 44.0 Å². The SMILES string of the molecule is COc1c(O)cc(/C=N/NC(=O)C2CCN(Cc3ccc(Br)cc3)CC2)cc1Br. The first-order valence-corrected chi connectivity index (χ1v) is 10.9. The quantitative estimate of drug-likeness (QED) is 0.436. The summed E-state index contributed by atoms with van der Waals surface area (Å²) in [4.78, 5) is 14.8. The second kappa shape index (κ2) is 10.2. The number of phenols is 1. The Kier molecular flexibility index (Phi) is 7.69. The standard InChI is InChI=1S/C21H23Br2N3O3/c1-29-20-18(23)10-15(11-19(20)27)12-24-25-21(28)16-6-8-26(9-7-16)13-14-2-4-17(22)5-3-14/h2-5,10-12,16,27H,6-9,13H2,1H3,(H,25,28)/b24-12+. The van der Waals surface area contributed by atoms with Gasteiger partial charge in [-0.15, -0.1) is 0 Å². The summed E-state index contributed by atoms with van der Waals surface area (Å²) < 4.78 is 6.78. The highest BCUT2D eigenvalue weighted by Crippen LogP contribution is 2.34. The summed E-state index contributed by atoms with van der Waals surface area (Å²) in [6, 6.07) is 11.6. The molecule has 6 nitrogen and oxygen atoms in total. The number of likely N-dealkylation sites (tertiary alicyclic amines) is 1. The summed E-state index contributed by atoms with van der Waals surface area (Å²) in [7, 11) is 1.48. The number of nitrogens with one attached hydrogen (secondary N) is 1. The average molecular weight is 525 g/mol. The van der Waals surface area contributed by atoms with E-state index >= 15 is 0 Å². The van der Waals surface area contributed by atoms with E-state index in [9.17, 15) is 9.90 Å². The zero-order valence-electron chi connectivity index (χ0n) is 16.1. The fourth-order valence-corrected chi connectivity index (χ4v) is 4.23. The molecule has 0 radical (unpaired) electrons. The lowest BCUT2D eigenvalue weighted by Crippen LogP contribution is -2.39. The number of hydrogen-bond acceptors (Lipinski definition) is 5. The van der Waals surface area contributed by atoms with E-state index in [1.165, 1.54) is 25.0 Å².